The van der Waals surface area contributed by atoms with Crippen molar-refractivity contribution in [1.82, 2.24) is 15.1 Å². The lowest BCUT2D eigenvalue weighted by molar-refractivity contribution is -0.134. The first-order valence-electron chi connectivity index (χ1n) is 12.0. The van der Waals surface area contributed by atoms with Crippen LogP contribution in [0.4, 0.5) is 14.9 Å². The Morgan fingerprint density at radius 2 is 1.60 bits per heavy atom. The summed E-state index contributed by atoms with van der Waals surface area (Å²) in [7, 11) is 0. The second-order valence-electron chi connectivity index (χ2n) is 9.26. The van der Waals surface area contributed by atoms with Crippen molar-refractivity contribution in [2.45, 2.75) is 37.5 Å². The van der Waals surface area contributed by atoms with Crippen molar-refractivity contribution in [3.63, 3.8) is 0 Å². The van der Waals surface area contributed by atoms with Crippen molar-refractivity contribution in [3.05, 3.63) is 102 Å². The predicted octanol–water partition coefficient (Wildman–Crippen LogP) is 4.39. The highest BCUT2D eigenvalue weighted by atomic mass is 19.1. The number of carbonyl (C=O) groups excluding carboxylic acids is 2. The van der Waals surface area contributed by atoms with Crippen LogP contribution in [0.2, 0.25) is 0 Å². The number of urea groups is 1. The van der Waals surface area contributed by atoms with Gasteiger partial charge in [0.2, 0.25) is 5.91 Å². The zero-order valence-corrected chi connectivity index (χ0v) is 19.5. The summed E-state index contributed by atoms with van der Waals surface area (Å²) in [5.41, 5.74) is 2.11. The SMILES string of the molecule is O=C(Nc1cccc(F)c1)N1CCC2(CC1)N[C@@H](Cc1ccccc1)C(=O)N2Cc1ccccc1. The van der Waals surface area contributed by atoms with Crippen molar-refractivity contribution in [3.8, 4) is 0 Å². The fourth-order valence-electron chi connectivity index (χ4n) is 5.11. The second kappa shape index (κ2) is 9.88. The van der Waals surface area contributed by atoms with Crippen LogP contribution in [0.25, 0.3) is 0 Å². The van der Waals surface area contributed by atoms with E-state index in [-0.39, 0.29) is 18.0 Å². The zero-order chi connectivity index (χ0) is 24.3. The van der Waals surface area contributed by atoms with Crippen LogP contribution < -0.4 is 10.6 Å². The summed E-state index contributed by atoms with van der Waals surface area (Å²) in [6, 6.07) is 25.3. The summed E-state index contributed by atoms with van der Waals surface area (Å²) in [5.74, 6) is -0.301. The lowest BCUT2D eigenvalue weighted by atomic mass is 9.95. The van der Waals surface area contributed by atoms with E-state index in [4.69, 9.17) is 0 Å². The third kappa shape index (κ3) is 5.05. The van der Waals surface area contributed by atoms with E-state index in [1.165, 1.54) is 12.1 Å². The van der Waals surface area contributed by atoms with Crippen LogP contribution in [-0.4, -0.2) is 46.5 Å². The standard InChI is InChI=1S/C28H29FN4O2/c29-23-12-7-13-24(19-23)30-27(35)32-16-14-28(15-17-32)31-25(18-21-8-3-1-4-9-21)26(34)33(28)20-22-10-5-2-6-11-22/h1-13,19,25,31H,14-18,20H2,(H,30,35)/t25-/m0/s1. The first-order chi connectivity index (χ1) is 17.0. The van der Waals surface area contributed by atoms with Crippen molar-refractivity contribution >= 4 is 17.6 Å². The third-order valence-corrected chi connectivity index (χ3v) is 6.94. The van der Waals surface area contributed by atoms with Crippen LogP contribution in [0.3, 0.4) is 0 Å². The molecule has 0 unspecified atom stereocenters. The topological polar surface area (TPSA) is 64.7 Å². The van der Waals surface area contributed by atoms with E-state index in [0.717, 1.165) is 11.1 Å². The number of piperidine rings is 1. The molecule has 2 heterocycles. The molecule has 0 bridgehead atoms. The van der Waals surface area contributed by atoms with Gasteiger partial charge in [0.05, 0.1) is 11.7 Å². The van der Waals surface area contributed by atoms with Crippen LogP contribution in [-0.2, 0) is 17.8 Å². The summed E-state index contributed by atoms with van der Waals surface area (Å²) < 4.78 is 13.5. The van der Waals surface area contributed by atoms with Crippen molar-refractivity contribution < 1.29 is 14.0 Å². The molecule has 0 radical (unpaired) electrons. The second-order valence-corrected chi connectivity index (χ2v) is 9.26. The molecule has 6 nitrogen and oxygen atoms in total. The number of hydrogen-bond acceptors (Lipinski definition) is 3. The lowest BCUT2D eigenvalue weighted by Crippen LogP contribution is -2.59. The number of rotatable bonds is 5. The molecule has 0 aliphatic carbocycles. The minimum Gasteiger partial charge on any atom is -0.324 e. The summed E-state index contributed by atoms with van der Waals surface area (Å²) in [6.45, 7) is 1.50. The predicted molar refractivity (Wildman–Crippen MR) is 133 cm³/mol. The fraction of sp³-hybridized carbons (Fsp3) is 0.286. The van der Waals surface area contributed by atoms with E-state index < -0.39 is 11.5 Å². The number of nitrogens with zero attached hydrogens (tertiary/aromatic N) is 2. The normalized spacial score (nSPS) is 19.2. The molecule has 35 heavy (non-hydrogen) atoms. The molecule has 0 saturated carbocycles. The van der Waals surface area contributed by atoms with Crippen LogP contribution in [0, 0.1) is 5.82 Å². The summed E-state index contributed by atoms with van der Waals surface area (Å²) in [6.07, 6.45) is 1.86. The molecule has 3 amide bonds. The van der Waals surface area contributed by atoms with Crippen LogP contribution in [0.5, 0.6) is 0 Å². The maximum absolute atomic E-state index is 13.6. The van der Waals surface area contributed by atoms with Crippen molar-refractivity contribution in [1.29, 1.82) is 0 Å². The smallest absolute Gasteiger partial charge is 0.321 e. The molecule has 3 aromatic rings. The average molecular weight is 473 g/mol. The largest absolute Gasteiger partial charge is 0.324 e. The van der Waals surface area contributed by atoms with E-state index in [0.29, 0.717) is 44.6 Å². The van der Waals surface area contributed by atoms with Crippen molar-refractivity contribution in [2.75, 3.05) is 18.4 Å². The van der Waals surface area contributed by atoms with Gasteiger partial charge in [0.25, 0.3) is 0 Å². The number of benzene rings is 3. The Kier molecular flexibility index (Phi) is 6.51. The van der Waals surface area contributed by atoms with Gasteiger partial charge >= 0.3 is 6.03 Å². The summed E-state index contributed by atoms with van der Waals surface area (Å²) in [5, 5.41) is 6.44. The van der Waals surface area contributed by atoms with Gasteiger partial charge in [-0.15, -0.1) is 0 Å². The molecule has 7 heteroatoms. The highest BCUT2D eigenvalue weighted by Crippen LogP contribution is 2.35. The van der Waals surface area contributed by atoms with Gasteiger partial charge in [-0.2, -0.15) is 0 Å². The number of nitrogens with one attached hydrogen (secondary N) is 2. The first-order valence-corrected chi connectivity index (χ1v) is 12.0. The number of amides is 3. The summed E-state index contributed by atoms with van der Waals surface area (Å²) >= 11 is 0. The molecule has 3 aromatic carbocycles. The fourth-order valence-corrected chi connectivity index (χ4v) is 5.11. The van der Waals surface area contributed by atoms with E-state index in [1.54, 1.807) is 17.0 Å². The number of carbonyl (C=O) groups is 2. The molecule has 0 aromatic heterocycles. The van der Waals surface area contributed by atoms with E-state index >= 15 is 0 Å². The average Bonchev–Trinajstić information content (AvgIpc) is 3.11. The van der Waals surface area contributed by atoms with Gasteiger partial charge in [-0.25, -0.2) is 9.18 Å². The monoisotopic (exact) mass is 472 g/mol. The van der Waals surface area contributed by atoms with E-state index in [2.05, 4.69) is 10.6 Å². The molecule has 2 N–H and O–H groups in total. The molecular formula is C28H29FN4O2. The Labute approximate surface area is 204 Å². The summed E-state index contributed by atoms with van der Waals surface area (Å²) in [4.78, 5) is 30.1. The Hall–Kier alpha value is -3.71. The molecule has 2 aliphatic rings. The van der Waals surface area contributed by atoms with Gasteiger partial charge in [-0.1, -0.05) is 66.7 Å². The molecule has 180 valence electrons. The van der Waals surface area contributed by atoms with Crippen LogP contribution >= 0.6 is 0 Å². The number of halogens is 1. The molecule has 1 spiro atoms. The molecule has 2 aliphatic heterocycles. The van der Waals surface area contributed by atoms with Gasteiger partial charge in [-0.3, -0.25) is 10.1 Å². The lowest BCUT2D eigenvalue weighted by Gasteiger charge is -2.44. The molecule has 5 rings (SSSR count). The van der Waals surface area contributed by atoms with E-state index in [1.807, 2.05) is 65.6 Å². The van der Waals surface area contributed by atoms with Crippen LogP contribution in [0.15, 0.2) is 84.9 Å². The molecule has 2 fully saturated rings. The Morgan fingerprint density at radius 3 is 2.26 bits per heavy atom. The first kappa shape index (κ1) is 23.1. The zero-order valence-electron chi connectivity index (χ0n) is 19.5. The van der Waals surface area contributed by atoms with Gasteiger partial charge in [0.1, 0.15) is 5.82 Å². The number of anilines is 1. The maximum Gasteiger partial charge on any atom is 0.321 e. The van der Waals surface area contributed by atoms with Gasteiger partial charge in [0.15, 0.2) is 0 Å². The van der Waals surface area contributed by atoms with Gasteiger partial charge < -0.3 is 15.1 Å². The highest BCUT2D eigenvalue weighted by Gasteiger charge is 2.51. The van der Waals surface area contributed by atoms with Crippen molar-refractivity contribution in [2.24, 2.45) is 0 Å². The molecule has 2 saturated heterocycles. The minimum absolute atomic E-state index is 0.0929. The molecular weight excluding hydrogens is 443 g/mol. The van der Waals surface area contributed by atoms with E-state index in [9.17, 15) is 14.0 Å². The van der Waals surface area contributed by atoms with Gasteiger partial charge in [0, 0.05) is 38.2 Å². The maximum atomic E-state index is 13.6. The number of likely N-dealkylation sites (tertiary alicyclic amines) is 1. The molecule has 1 atom stereocenters. The Balaban J connectivity index is 1.31. The highest BCUT2D eigenvalue weighted by molar-refractivity contribution is 5.89. The Morgan fingerprint density at radius 1 is 0.943 bits per heavy atom. The third-order valence-electron chi connectivity index (χ3n) is 6.94. The number of hydrogen-bond donors (Lipinski definition) is 2. The van der Waals surface area contributed by atoms with Gasteiger partial charge in [-0.05, 0) is 35.7 Å². The van der Waals surface area contributed by atoms with Crippen LogP contribution in [0.1, 0.15) is 24.0 Å². The quantitative estimate of drug-likeness (QED) is 0.579. The minimum atomic E-state index is -0.512. The Bertz CT molecular complexity index is 1180.